The molecule has 0 spiro atoms. The van der Waals surface area contributed by atoms with Crippen molar-refractivity contribution in [2.75, 3.05) is 31.6 Å². The van der Waals surface area contributed by atoms with E-state index in [1.807, 2.05) is 22.8 Å². The third kappa shape index (κ3) is 3.34. The van der Waals surface area contributed by atoms with Crippen LogP contribution in [0.3, 0.4) is 0 Å². The summed E-state index contributed by atoms with van der Waals surface area (Å²) in [6, 6.07) is 1.82. The van der Waals surface area contributed by atoms with E-state index >= 15 is 0 Å². The minimum absolute atomic E-state index is 0.00201. The molecule has 2 aromatic heterocycles. The molecule has 0 bridgehead atoms. The maximum atomic E-state index is 13.5. The highest BCUT2D eigenvalue weighted by Gasteiger charge is 2.47. The first-order valence-corrected chi connectivity index (χ1v) is 9.54. The molecule has 2 aromatic rings. The maximum Gasteiger partial charge on any atom is 0.255 e. The van der Waals surface area contributed by atoms with E-state index in [-0.39, 0.29) is 11.9 Å². The summed E-state index contributed by atoms with van der Waals surface area (Å²) in [7, 11) is 1.59. The van der Waals surface area contributed by atoms with Gasteiger partial charge in [0.05, 0.1) is 18.4 Å². The molecule has 4 rings (SSSR count). The minimum atomic E-state index is -0.877. The van der Waals surface area contributed by atoms with Crippen molar-refractivity contribution in [1.82, 2.24) is 20.0 Å². The number of carbonyl (C=O) groups excluding carboxylic acids is 1. The van der Waals surface area contributed by atoms with Crippen molar-refractivity contribution in [2.24, 2.45) is 0 Å². The van der Waals surface area contributed by atoms with E-state index < -0.39 is 11.4 Å². The van der Waals surface area contributed by atoms with Gasteiger partial charge in [-0.3, -0.25) is 4.79 Å². The summed E-state index contributed by atoms with van der Waals surface area (Å²) in [4.78, 5) is 25.4. The molecular weight excluding hydrogens is 365 g/mol. The molecule has 0 saturated carbocycles. The van der Waals surface area contributed by atoms with Crippen LogP contribution in [-0.4, -0.2) is 58.3 Å². The lowest BCUT2D eigenvalue weighted by atomic mass is 9.89. The summed E-state index contributed by atoms with van der Waals surface area (Å²) < 4.78 is 24.1. The van der Waals surface area contributed by atoms with Crippen molar-refractivity contribution in [3.05, 3.63) is 35.7 Å². The third-order valence-corrected chi connectivity index (χ3v) is 5.74. The number of hydrogen-bond acceptors (Lipinski definition) is 7. The first-order chi connectivity index (χ1) is 13.5. The summed E-state index contributed by atoms with van der Waals surface area (Å²) in [6.07, 6.45) is 5.14. The van der Waals surface area contributed by atoms with Gasteiger partial charge in [0, 0.05) is 45.7 Å². The SMILES string of the molecule is COC1(C(=O)N2CCCC2c2cc(C)on2)CCN(c2ncc(F)cn2)CC1. The van der Waals surface area contributed by atoms with E-state index in [2.05, 4.69) is 15.1 Å². The number of carbonyl (C=O) groups is 1. The van der Waals surface area contributed by atoms with Gasteiger partial charge < -0.3 is 19.1 Å². The average molecular weight is 389 g/mol. The summed E-state index contributed by atoms with van der Waals surface area (Å²) in [5.41, 5.74) is -0.0792. The van der Waals surface area contributed by atoms with Crippen molar-refractivity contribution < 1.29 is 18.4 Å². The molecule has 0 radical (unpaired) electrons. The Morgan fingerprint density at radius 1 is 1.29 bits per heavy atom. The number of anilines is 1. The average Bonchev–Trinajstić information content (AvgIpc) is 3.37. The highest BCUT2D eigenvalue weighted by Crippen LogP contribution is 2.37. The lowest BCUT2D eigenvalue weighted by molar-refractivity contribution is -0.158. The van der Waals surface area contributed by atoms with Crippen LogP contribution in [0.2, 0.25) is 0 Å². The van der Waals surface area contributed by atoms with E-state index in [9.17, 15) is 9.18 Å². The molecule has 28 heavy (non-hydrogen) atoms. The molecule has 2 aliphatic heterocycles. The summed E-state index contributed by atoms with van der Waals surface area (Å²) in [5, 5.41) is 4.12. The van der Waals surface area contributed by atoms with Gasteiger partial charge in [0.2, 0.25) is 5.95 Å². The molecule has 2 aliphatic rings. The summed E-state index contributed by atoms with van der Waals surface area (Å²) in [6.45, 7) is 3.66. The smallest absolute Gasteiger partial charge is 0.255 e. The van der Waals surface area contributed by atoms with E-state index in [1.165, 1.54) is 0 Å². The predicted octanol–water partition coefficient (Wildman–Crippen LogP) is 2.26. The number of halogens is 1. The quantitative estimate of drug-likeness (QED) is 0.793. The number of likely N-dealkylation sites (tertiary alicyclic amines) is 1. The molecule has 2 saturated heterocycles. The van der Waals surface area contributed by atoms with E-state index in [1.54, 1.807) is 7.11 Å². The number of nitrogens with zero attached hydrogens (tertiary/aromatic N) is 5. The van der Waals surface area contributed by atoms with E-state index in [0.29, 0.717) is 38.4 Å². The Morgan fingerprint density at radius 3 is 2.61 bits per heavy atom. The fourth-order valence-electron chi connectivity index (χ4n) is 4.16. The third-order valence-electron chi connectivity index (χ3n) is 5.74. The molecular formula is C19H24FN5O3. The lowest BCUT2D eigenvalue weighted by Crippen LogP contribution is -2.56. The monoisotopic (exact) mass is 389 g/mol. The second kappa shape index (κ2) is 7.46. The Labute approximate surface area is 162 Å². The minimum Gasteiger partial charge on any atom is -0.368 e. The molecule has 0 aliphatic carbocycles. The van der Waals surface area contributed by atoms with Gasteiger partial charge in [-0.15, -0.1) is 0 Å². The molecule has 1 atom stereocenters. The Balaban J connectivity index is 1.49. The molecule has 8 nitrogen and oxygen atoms in total. The summed E-state index contributed by atoms with van der Waals surface area (Å²) in [5.74, 6) is 0.738. The van der Waals surface area contributed by atoms with Crippen molar-refractivity contribution in [2.45, 2.75) is 44.2 Å². The van der Waals surface area contributed by atoms with Crippen LogP contribution in [0.1, 0.15) is 43.2 Å². The van der Waals surface area contributed by atoms with Crippen molar-refractivity contribution in [3.8, 4) is 0 Å². The van der Waals surface area contributed by atoms with Gasteiger partial charge in [0.1, 0.15) is 17.1 Å². The number of amides is 1. The number of hydrogen-bond donors (Lipinski definition) is 0. The number of aryl methyl sites for hydroxylation is 1. The molecule has 0 aromatic carbocycles. The molecule has 1 unspecified atom stereocenters. The fraction of sp³-hybridized carbons (Fsp3) is 0.579. The van der Waals surface area contributed by atoms with Gasteiger partial charge in [-0.2, -0.15) is 0 Å². The van der Waals surface area contributed by atoms with Crippen LogP contribution < -0.4 is 4.90 Å². The normalized spacial score (nSPS) is 21.9. The van der Waals surface area contributed by atoms with Crippen LogP contribution in [0.25, 0.3) is 0 Å². The van der Waals surface area contributed by atoms with Gasteiger partial charge in [-0.1, -0.05) is 5.16 Å². The van der Waals surface area contributed by atoms with Crippen molar-refractivity contribution >= 4 is 11.9 Å². The Bertz CT molecular complexity index is 832. The number of ether oxygens (including phenoxy) is 1. The number of rotatable bonds is 4. The number of aromatic nitrogens is 3. The second-order valence-corrected chi connectivity index (χ2v) is 7.41. The molecule has 2 fully saturated rings. The van der Waals surface area contributed by atoms with Gasteiger partial charge in [-0.05, 0) is 19.8 Å². The fourth-order valence-corrected chi connectivity index (χ4v) is 4.16. The van der Waals surface area contributed by atoms with Gasteiger partial charge in [-0.25, -0.2) is 14.4 Å². The van der Waals surface area contributed by atoms with Gasteiger partial charge in [0.25, 0.3) is 5.91 Å². The Hall–Kier alpha value is -2.55. The topological polar surface area (TPSA) is 84.6 Å². The van der Waals surface area contributed by atoms with Crippen LogP contribution in [0.15, 0.2) is 23.0 Å². The highest BCUT2D eigenvalue weighted by atomic mass is 19.1. The van der Waals surface area contributed by atoms with Gasteiger partial charge >= 0.3 is 0 Å². The molecule has 1 amide bonds. The zero-order valence-corrected chi connectivity index (χ0v) is 16.1. The van der Waals surface area contributed by atoms with Crippen LogP contribution >= 0.6 is 0 Å². The first kappa shape index (κ1) is 18.8. The highest BCUT2D eigenvalue weighted by molar-refractivity contribution is 5.86. The van der Waals surface area contributed by atoms with Gasteiger partial charge in [0.15, 0.2) is 5.82 Å². The lowest BCUT2D eigenvalue weighted by Gasteiger charge is -2.42. The Morgan fingerprint density at radius 2 is 2.00 bits per heavy atom. The second-order valence-electron chi connectivity index (χ2n) is 7.41. The van der Waals surface area contributed by atoms with Crippen LogP contribution in [0, 0.1) is 12.7 Å². The van der Waals surface area contributed by atoms with E-state index in [0.717, 1.165) is 36.7 Å². The number of methoxy groups -OCH3 is 1. The van der Waals surface area contributed by atoms with E-state index in [4.69, 9.17) is 9.26 Å². The predicted molar refractivity (Wildman–Crippen MR) is 98.1 cm³/mol. The molecule has 4 heterocycles. The van der Waals surface area contributed by atoms with Crippen molar-refractivity contribution in [3.63, 3.8) is 0 Å². The maximum absolute atomic E-state index is 13.5. The van der Waals surface area contributed by atoms with Crippen LogP contribution in [0.5, 0.6) is 0 Å². The first-order valence-electron chi connectivity index (χ1n) is 9.54. The van der Waals surface area contributed by atoms with Crippen molar-refractivity contribution in [1.29, 1.82) is 0 Å². The molecule has 0 N–H and O–H groups in total. The van der Waals surface area contributed by atoms with Crippen LogP contribution in [0.4, 0.5) is 10.3 Å². The number of piperidine rings is 1. The zero-order chi connectivity index (χ0) is 19.7. The zero-order valence-electron chi connectivity index (χ0n) is 16.1. The Kier molecular flexibility index (Phi) is 5.01. The standard InChI is InChI=1S/C19H24FN5O3/c1-13-10-15(23-28-13)16-4-3-7-25(16)17(26)19(27-2)5-8-24(9-6-19)18-21-11-14(20)12-22-18/h10-12,16H,3-9H2,1-2H3. The molecule has 9 heteroatoms. The van der Waals surface area contributed by atoms with Crippen LogP contribution in [-0.2, 0) is 9.53 Å². The summed E-state index contributed by atoms with van der Waals surface area (Å²) >= 11 is 0. The largest absolute Gasteiger partial charge is 0.368 e. The molecule has 150 valence electrons.